The van der Waals surface area contributed by atoms with Crippen molar-refractivity contribution in [3.63, 3.8) is 0 Å². The van der Waals surface area contributed by atoms with E-state index in [1.807, 2.05) is 12.1 Å². The van der Waals surface area contributed by atoms with Crippen LogP contribution in [0.3, 0.4) is 0 Å². The van der Waals surface area contributed by atoms with E-state index < -0.39 is 0 Å². The summed E-state index contributed by atoms with van der Waals surface area (Å²) in [5, 5.41) is 0. The molecule has 0 aliphatic heterocycles. The van der Waals surface area contributed by atoms with Crippen molar-refractivity contribution in [1.82, 2.24) is 0 Å². The van der Waals surface area contributed by atoms with Gasteiger partial charge in [0, 0.05) is 9.30 Å². The van der Waals surface area contributed by atoms with Gasteiger partial charge in [0.15, 0.2) is 0 Å². The van der Waals surface area contributed by atoms with E-state index in [-0.39, 0.29) is 0 Å². The van der Waals surface area contributed by atoms with Crippen LogP contribution < -0.4 is 4.74 Å². The standard InChI is InChI=1S/C16H16Br2O/c1-19-15-9-2-12(3-10-15)4-11-16(18)13-5-7-14(17)8-6-13/h2-3,5-10,16H,4,11H2,1H3. The summed E-state index contributed by atoms with van der Waals surface area (Å²) in [6.45, 7) is 0. The summed E-state index contributed by atoms with van der Waals surface area (Å²) in [5.74, 6) is 0.909. The maximum atomic E-state index is 5.16. The van der Waals surface area contributed by atoms with Crippen LogP contribution in [0.25, 0.3) is 0 Å². The molecule has 0 spiro atoms. The van der Waals surface area contributed by atoms with Crippen molar-refractivity contribution in [3.05, 3.63) is 64.1 Å². The molecule has 0 amide bonds. The number of benzene rings is 2. The van der Waals surface area contributed by atoms with E-state index in [0.29, 0.717) is 4.83 Å². The van der Waals surface area contributed by atoms with Crippen molar-refractivity contribution < 1.29 is 4.74 Å². The summed E-state index contributed by atoms with van der Waals surface area (Å²) in [4.78, 5) is 0.391. The van der Waals surface area contributed by atoms with E-state index in [0.717, 1.165) is 23.1 Å². The van der Waals surface area contributed by atoms with Crippen LogP contribution in [0.5, 0.6) is 5.75 Å². The van der Waals surface area contributed by atoms with Gasteiger partial charge in [-0.05, 0) is 48.2 Å². The molecule has 1 atom stereocenters. The van der Waals surface area contributed by atoms with Crippen LogP contribution in [0, 0.1) is 0 Å². The Morgan fingerprint density at radius 1 is 1.00 bits per heavy atom. The first-order valence-corrected chi connectivity index (χ1v) is 7.92. The molecule has 0 fully saturated rings. The Balaban J connectivity index is 1.92. The average molecular weight is 384 g/mol. The van der Waals surface area contributed by atoms with Crippen LogP contribution in [0.15, 0.2) is 53.0 Å². The molecule has 0 aliphatic rings. The molecule has 0 aromatic heterocycles. The van der Waals surface area contributed by atoms with Gasteiger partial charge >= 0.3 is 0 Å². The minimum atomic E-state index is 0.391. The van der Waals surface area contributed by atoms with E-state index in [1.165, 1.54) is 11.1 Å². The molecule has 0 aliphatic carbocycles. The first kappa shape index (κ1) is 14.6. The number of alkyl halides is 1. The third-order valence-corrected chi connectivity index (χ3v) is 4.59. The smallest absolute Gasteiger partial charge is 0.118 e. The largest absolute Gasteiger partial charge is 0.497 e. The van der Waals surface area contributed by atoms with Crippen molar-refractivity contribution in [2.75, 3.05) is 7.11 Å². The summed E-state index contributed by atoms with van der Waals surface area (Å²) < 4.78 is 6.28. The van der Waals surface area contributed by atoms with Crippen molar-refractivity contribution in [2.24, 2.45) is 0 Å². The normalized spacial score (nSPS) is 12.2. The van der Waals surface area contributed by atoms with Gasteiger partial charge in [0.1, 0.15) is 5.75 Å². The monoisotopic (exact) mass is 382 g/mol. The van der Waals surface area contributed by atoms with Gasteiger partial charge in [-0.3, -0.25) is 0 Å². The molecule has 0 heterocycles. The minimum absolute atomic E-state index is 0.391. The van der Waals surface area contributed by atoms with Crippen molar-refractivity contribution in [3.8, 4) is 5.75 Å². The fraction of sp³-hybridized carbons (Fsp3) is 0.250. The lowest BCUT2D eigenvalue weighted by Gasteiger charge is -2.10. The van der Waals surface area contributed by atoms with Gasteiger partial charge in [0.05, 0.1) is 7.11 Å². The van der Waals surface area contributed by atoms with Crippen molar-refractivity contribution >= 4 is 31.9 Å². The highest BCUT2D eigenvalue weighted by molar-refractivity contribution is 9.10. The third kappa shape index (κ3) is 4.36. The van der Waals surface area contributed by atoms with E-state index >= 15 is 0 Å². The van der Waals surface area contributed by atoms with Crippen LogP contribution in [0.2, 0.25) is 0 Å². The maximum absolute atomic E-state index is 5.16. The number of hydrogen-bond acceptors (Lipinski definition) is 1. The molecular weight excluding hydrogens is 368 g/mol. The molecule has 1 nitrogen and oxygen atoms in total. The van der Waals surface area contributed by atoms with E-state index in [4.69, 9.17) is 4.74 Å². The Morgan fingerprint density at radius 3 is 2.21 bits per heavy atom. The predicted octanol–water partition coefficient (Wildman–Crippen LogP) is 5.53. The van der Waals surface area contributed by atoms with Gasteiger partial charge in [0.2, 0.25) is 0 Å². The van der Waals surface area contributed by atoms with Gasteiger partial charge in [-0.2, -0.15) is 0 Å². The van der Waals surface area contributed by atoms with Crippen LogP contribution in [-0.4, -0.2) is 7.11 Å². The molecule has 3 heteroatoms. The van der Waals surface area contributed by atoms with Crippen LogP contribution in [0.4, 0.5) is 0 Å². The highest BCUT2D eigenvalue weighted by atomic mass is 79.9. The van der Waals surface area contributed by atoms with Gasteiger partial charge < -0.3 is 4.74 Å². The molecule has 19 heavy (non-hydrogen) atoms. The van der Waals surface area contributed by atoms with E-state index in [1.54, 1.807) is 7.11 Å². The second kappa shape index (κ2) is 7.11. The zero-order valence-electron chi connectivity index (χ0n) is 10.8. The number of hydrogen-bond donors (Lipinski definition) is 0. The Kier molecular flexibility index (Phi) is 5.46. The van der Waals surface area contributed by atoms with Crippen LogP contribution in [0.1, 0.15) is 22.4 Å². The zero-order valence-corrected chi connectivity index (χ0v) is 13.9. The second-order valence-electron chi connectivity index (χ2n) is 4.41. The Morgan fingerprint density at radius 2 is 1.63 bits per heavy atom. The minimum Gasteiger partial charge on any atom is -0.497 e. The second-order valence-corrected chi connectivity index (χ2v) is 6.43. The number of halogens is 2. The van der Waals surface area contributed by atoms with Crippen molar-refractivity contribution in [1.29, 1.82) is 0 Å². The van der Waals surface area contributed by atoms with Gasteiger partial charge in [-0.1, -0.05) is 56.1 Å². The third-order valence-electron chi connectivity index (χ3n) is 3.08. The average Bonchev–Trinajstić information content (AvgIpc) is 2.46. The molecule has 0 bridgehead atoms. The van der Waals surface area contributed by atoms with Gasteiger partial charge in [-0.25, -0.2) is 0 Å². The molecule has 2 aromatic carbocycles. The zero-order chi connectivity index (χ0) is 13.7. The number of methoxy groups -OCH3 is 1. The van der Waals surface area contributed by atoms with E-state index in [2.05, 4.69) is 68.3 Å². The summed E-state index contributed by atoms with van der Waals surface area (Å²) >= 11 is 7.21. The predicted molar refractivity (Wildman–Crippen MR) is 87.1 cm³/mol. The summed E-state index contributed by atoms with van der Waals surface area (Å²) in [6, 6.07) is 16.7. The fourth-order valence-corrected chi connectivity index (χ4v) is 2.72. The molecular formula is C16H16Br2O. The number of ether oxygens (including phenoxy) is 1. The van der Waals surface area contributed by atoms with Gasteiger partial charge in [-0.15, -0.1) is 0 Å². The summed E-state index contributed by atoms with van der Waals surface area (Å²) in [7, 11) is 1.69. The highest BCUT2D eigenvalue weighted by Gasteiger charge is 2.07. The maximum Gasteiger partial charge on any atom is 0.118 e. The lowest BCUT2D eigenvalue weighted by Crippen LogP contribution is -1.94. The highest BCUT2D eigenvalue weighted by Crippen LogP contribution is 2.29. The lowest BCUT2D eigenvalue weighted by atomic mass is 10.0. The topological polar surface area (TPSA) is 9.23 Å². The molecule has 2 aromatic rings. The van der Waals surface area contributed by atoms with Crippen LogP contribution in [-0.2, 0) is 6.42 Å². The molecule has 2 rings (SSSR count). The molecule has 0 N–H and O–H groups in total. The number of aryl methyl sites for hydroxylation is 1. The number of rotatable bonds is 5. The first-order valence-electron chi connectivity index (χ1n) is 6.21. The van der Waals surface area contributed by atoms with E-state index in [9.17, 15) is 0 Å². The van der Waals surface area contributed by atoms with Crippen LogP contribution >= 0.6 is 31.9 Å². The summed E-state index contributed by atoms with van der Waals surface area (Å²) in [6.07, 6.45) is 2.13. The Hall–Kier alpha value is -0.800. The summed E-state index contributed by atoms with van der Waals surface area (Å²) in [5.41, 5.74) is 2.65. The van der Waals surface area contributed by atoms with Gasteiger partial charge in [0.25, 0.3) is 0 Å². The molecule has 100 valence electrons. The SMILES string of the molecule is COc1ccc(CCC(Br)c2ccc(Br)cc2)cc1. The molecule has 0 radical (unpaired) electrons. The fourth-order valence-electron chi connectivity index (χ4n) is 1.92. The first-order chi connectivity index (χ1) is 9.19. The molecule has 0 saturated carbocycles. The van der Waals surface area contributed by atoms with Crippen molar-refractivity contribution in [2.45, 2.75) is 17.7 Å². The Bertz CT molecular complexity index is 505. The molecule has 1 unspecified atom stereocenters. The Labute approximate surface area is 131 Å². The quantitative estimate of drug-likeness (QED) is 0.617. The lowest BCUT2D eigenvalue weighted by molar-refractivity contribution is 0.414. The molecule has 0 saturated heterocycles.